The van der Waals surface area contributed by atoms with Crippen LogP contribution in [0.2, 0.25) is 0 Å². The van der Waals surface area contributed by atoms with Gasteiger partial charge in [-0.25, -0.2) is 13.1 Å². The normalized spacial score (nSPS) is 12.6. The quantitative estimate of drug-likeness (QED) is 0.614. The van der Waals surface area contributed by atoms with Crippen LogP contribution < -0.4 is 15.4 Å². The van der Waals surface area contributed by atoms with Crippen LogP contribution in [-0.4, -0.2) is 33.5 Å². The summed E-state index contributed by atoms with van der Waals surface area (Å²) in [4.78, 5) is 12.5. The maximum Gasteiger partial charge on any atom is 0.251 e. The third-order valence-electron chi connectivity index (χ3n) is 4.17. The molecule has 0 heterocycles. The van der Waals surface area contributed by atoms with Crippen LogP contribution in [0.3, 0.4) is 0 Å². The number of rotatable bonds is 9. The Labute approximate surface area is 161 Å². The largest absolute Gasteiger partial charge is 0.350 e. The highest BCUT2D eigenvalue weighted by molar-refractivity contribution is 7.89. The minimum Gasteiger partial charge on any atom is -0.350 e. The molecule has 0 aliphatic rings. The van der Waals surface area contributed by atoms with Crippen LogP contribution in [-0.2, 0) is 16.6 Å². The lowest BCUT2D eigenvalue weighted by Gasteiger charge is -2.14. The highest BCUT2D eigenvalue weighted by Crippen LogP contribution is 2.17. The van der Waals surface area contributed by atoms with Crippen LogP contribution in [0.15, 0.2) is 53.4 Å². The third-order valence-corrected chi connectivity index (χ3v) is 5.71. The Kier molecular flexibility index (Phi) is 7.53. The second-order valence-electron chi connectivity index (χ2n) is 6.46. The van der Waals surface area contributed by atoms with Crippen molar-refractivity contribution >= 4 is 15.9 Å². The maximum absolute atomic E-state index is 12.7. The molecular formula is C20H27N3O3S. The Morgan fingerprint density at radius 1 is 1.11 bits per heavy atom. The fourth-order valence-corrected chi connectivity index (χ4v) is 3.94. The van der Waals surface area contributed by atoms with E-state index in [-0.39, 0.29) is 23.4 Å². The van der Waals surface area contributed by atoms with E-state index in [0.717, 1.165) is 12.1 Å². The highest BCUT2D eigenvalue weighted by Gasteiger charge is 2.19. The molecule has 1 atom stereocenters. The van der Waals surface area contributed by atoms with Crippen LogP contribution in [0.5, 0.6) is 0 Å². The van der Waals surface area contributed by atoms with E-state index in [1.165, 1.54) is 6.07 Å². The maximum atomic E-state index is 12.7. The predicted molar refractivity (Wildman–Crippen MR) is 107 cm³/mol. The first-order valence-corrected chi connectivity index (χ1v) is 10.5. The Bertz CT molecular complexity index is 867. The van der Waals surface area contributed by atoms with Crippen LogP contribution in [0.25, 0.3) is 0 Å². The van der Waals surface area contributed by atoms with Crippen LogP contribution >= 0.6 is 0 Å². The zero-order valence-electron chi connectivity index (χ0n) is 16.0. The van der Waals surface area contributed by atoms with Gasteiger partial charge in [0.2, 0.25) is 10.0 Å². The summed E-state index contributed by atoms with van der Waals surface area (Å²) in [5.41, 5.74) is 1.78. The number of amides is 1. The fraction of sp³-hybridized carbons (Fsp3) is 0.350. The lowest BCUT2D eigenvalue weighted by atomic mass is 10.1. The highest BCUT2D eigenvalue weighted by atomic mass is 32.2. The topological polar surface area (TPSA) is 87.3 Å². The van der Waals surface area contributed by atoms with Gasteiger partial charge in [0, 0.05) is 24.7 Å². The molecule has 0 saturated heterocycles. The SMILES string of the molecule is CCN[C@H](C)CNC(=O)c1ccc(C)c(S(=O)(=O)NCc2ccccc2)c1. The molecule has 0 aromatic heterocycles. The van der Waals surface area contributed by atoms with Gasteiger partial charge < -0.3 is 10.6 Å². The van der Waals surface area contributed by atoms with Gasteiger partial charge in [0.05, 0.1) is 4.90 Å². The minimum atomic E-state index is -3.73. The lowest BCUT2D eigenvalue weighted by Crippen LogP contribution is -2.38. The average Bonchev–Trinajstić information content (AvgIpc) is 2.66. The molecule has 1 amide bonds. The smallest absolute Gasteiger partial charge is 0.251 e. The van der Waals surface area contributed by atoms with E-state index in [1.807, 2.05) is 44.2 Å². The number of hydrogen-bond donors (Lipinski definition) is 3. The average molecular weight is 390 g/mol. The van der Waals surface area contributed by atoms with Crippen molar-refractivity contribution in [2.45, 2.75) is 38.3 Å². The van der Waals surface area contributed by atoms with Gasteiger partial charge in [-0.15, -0.1) is 0 Å². The zero-order chi connectivity index (χ0) is 19.9. The van der Waals surface area contributed by atoms with E-state index in [0.29, 0.717) is 17.7 Å². The summed E-state index contributed by atoms with van der Waals surface area (Å²) in [6.07, 6.45) is 0. The predicted octanol–water partition coefficient (Wildman–Crippen LogP) is 2.20. The standard InChI is InChI=1S/C20H27N3O3S/c1-4-21-16(3)13-22-20(24)18-11-10-15(2)19(12-18)27(25,26)23-14-17-8-6-5-7-9-17/h5-12,16,21,23H,4,13-14H2,1-3H3,(H,22,24)/t16-/m1/s1. The number of aryl methyl sites for hydroxylation is 1. The number of carbonyl (C=O) groups excluding carboxylic acids is 1. The van der Waals surface area contributed by atoms with Crippen LogP contribution in [0.4, 0.5) is 0 Å². The Morgan fingerprint density at radius 3 is 2.48 bits per heavy atom. The van der Waals surface area contributed by atoms with Crippen molar-refractivity contribution in [1.82, 2.24) is 15.4 Å². The summed E-state index contributed by atoms with van der Waals surface area (Å²) in [6.45, 7) is 7.16. The first-order chi connectivity index (χ1) is 12.8. The summed E-state index contributed by atoms with van der Waals surface area (Å²) < 4.78 is 28.0. The van der Waals surface area contributed by atoms with Crippen LogP contribution in [0.1, 0.15) is 35.3 Å². The van der Waals surface area contributed by atoms with Gasteiger partial charge in [-0.2, -0.15) is 0 Å². The monoisotopic (exact) mass is 389 g/mol. The molecule has 0 aliphatic carbocycles. The molecule has 27 heavy (non-hydrogen) atoms. The number of sulfonamides is 1. The molecule has 0 aliphatic heterocycles. The van der Waals surface area contributed by atoms with Gasteiger partial charge in [0.1, 0.15) is 0 Å². The van der Waals surface area contributed by atoms with E-state index in [2.05, 4.69) is 15.4 Å². The van der Waals surface area contributed by atoms with Crippen LogP contribution in [0, 0.1) is 6.92 Å². The number of carbonyl (C=O) groups is 1. The second kappa shape index (κ2) is 9.64. The van der Waals surface area contributed by atoms with Crippen molar-refractivity contribution in [3.8, 4) is 0 Å². The van der Waals surface area contributed by atoms with E-state index in [1.54, 1.807) is 19.1 Å². The number of benzene rings is 2. The molecule has 0 fully saturated rings. The molecule has 0 bridgehead atoms. The van der Waals surface area contributed by atoms with Crippen molar-refractivity contribution in [2.75, 3.05) is 13.1 Å². The minimum absolute atomic E-state index is 0.116. The van der Waals surface area contributed by atoms with Gasteiger partial charge in [0.15, 0.2) is 0 Å². The van der Waals surface area contributed by atoms with Gasteiger partial charge in [-0.1, -0.05) is 43.3 Å². The Morgan fingerprint density at radius 2 is 1.81 bits per heavy atom. The molecule has 2 rings (SSSR count). The van der Waals surface area contributed by atoms with Gasteiger partial charge in [-0.3, -0.25) is 4.79 Å². The number of hydrogen-bond acceptors (Lipinski definition) is 4. The number of likely N-dealkylation sites (N-methyl/N-ethyl adjacent to an activating group) is 1. The van der Waals surface area contributed by atoms with Gasteiger partial charge >= 0.3 is 0 Å². The molecule has 6 nitrogen and oxygen atoms in total. The molecule has 3 N–H and O–H groups in total. The molecule has 7 heteroatoms. The summed E-state index contributed by atoms with van der Waals surface area (Å²) in [5, 5.41) is 6.03. The molecule has 146 valence electrons. The molecule has 2 aromatic carbocycles. The molecule has 0 unspecified atom stereocenters. The van der Waals surface area contributed by atoms with Crippen molar-refractivity contribution in [2.24, 2.45) is 0 Å². The molecule has 2 aromatic rings. The zero-order valence-corrected chi connectivity index (χ0v) is 16.8. The second-order valence-corrected chi connectivity index (χ2v) is 8.19. The summed E-state index contributed by atoms with van der Waals surface area (Å²) >= 11 is 0. The van der Waals surface area contributed by atoms with Crippen molar-refractivity contribution < 1.29 is 13.2 Å². The summed E-state index contributed by atoms with van der Waals surface area (Å²) in [6, 6.07) is 14.1. The number of nitrogens with one attached hydrogen (secondary N) is 3. The first-order valence-electron chi connectivity index (χ1n) is 8.99. The van der Waals surface area contributed by atoms with E-state index < -0.39 is 10.0 Å². The van der Waals surface area contributed by atoms with E-state index >= 15 is 0 Å². The van der Waals surface area contributed by atoms with Gasteiger partial charge in [-0.05, 0) is 43.7 Å². The van der Waals surface area contributed by atoms with Crippen molar-refractivity contribution in [3.05, 3.63) is 65.2 Å². The molecule has 0 saturated carbocycles. The van der Waals surface area contributed by atoms with Crippen molar-refractivity contribution in [1.29, 1.82) is 0 Å². The lowest BCUT2D eigenvalue weighted by molar-refractivity contribution is 0.0950. The third kappa shape index (κ3) is 6.16. The van der Waals surface area contributed by atoms with E-state index in [4.69, 9.17) is 0 Å². The van der Waals surface area contributed by atoms with Crippen molar-refractivity contribution in [3.63, 3.8) is 0 Å². The summed E-state index contributed by atoms with van der Waals surface area (Å²) in [7, 11) is -3.73. The summed E-state index contributed by atoms with van der Waals surface area (Å²) in [5.74, 6) is -0.292. The van der Waals surface area contributed by atoms with Gasteiger partial charge in [0.25, 0.3) is 5.91 Å². The Hall–Kier alpha value is -2.22. The molecule has 0 radical (unpaired) electrons. The molecule has 0 spiro atoms. The molecular weight excluding hydrogens is 362 g/mol. The first kappa shape index (κ1) is 21.1. The van der Waals surface area contributed by atoms with E-state index in [9.17, 15) is 13.2 Å². The Balaban J connectivity index is 2.12. The fourth-order valence-electron chi connectivity index (χ4n) is 2.65.